The van der Waals surface area contributed by atoms with E-state index in [0.717, 1.165) is 17.7 Å². The van der Waals surface area contributed by atoms with Gasteiger partial charge in [-0.2, -0.15) is 12.1 Å². The molecule has 0 atom stereocenters. The van der Waals surface area contributed by atoms with E-state index < -0.39 is 17.0 Å². The van der Waals surface area contributed by atoms with E-state index in [-0.39, 0.29) is 7.92 Å². The Bertz CT molecular complexity index is 733. The summed E-state index contributed by atoms with van der Waals surface area (Å²) < 4.78 is 0. The van der Waals surface area contributed by atoms with Crippen LogP contribution in [-0.2, 0) is 17.0 Å². The third-order valence-electron chi connectivity index (χ3n) is 4.99. The molecule has 0 heterocycles. The Labute approximate surface area is 196 Å². The average molecular weight is 485 g/mol. The van der Waals surface area contributed by atoms with Gasteiger partial charge in [0.2, 0.25) is 0 Å². The Morgan fingerprint density at radius 2 is 1.76 bits per heavy atom. The molecule has 0 radical (unpaired) electrons. The zero-order valence-electron chi connectivity index (χ0n) is 18.7. The molecule has 0 N–H and O–H groups in total. The predicted molar refractivity (Wildman–Crippen MR) is 133 cm³/mol. The van der Waals surface area contributed by atoms with Gasteiger partial charge in [-0.3, -0.25) is 6.08 Å². The summed E-state index contributed by atoms with van der Waals surface area (Å²) in [6.07, 6.45) is 10.5. The van der Waals surface area contributed by atoms with Crippen molar-refractivity contribution in [2.24, 2.45) is 0 Å². The van der Waals surface area contributed by atoms with Crippen LogP contribution in [0.3, 0.4) is 0 Å². The van der Waals surface area contributed by atoms with Crippen LogP contribution in [0.4, 0.5) is 0 Å². The van der Waals surface area contributed by atoms with Crippen LogP contribution in [0.5, 0.6) is 0 Å². The van der Waals surface area contributed by atoms with Crippen molar-refractivity contribution >= 4 is 42.6 Å². The first-order valence-corrected chi connectivity index (χ1v) is 16.3. The molecule has 0 saturated carbocycles. The van der Waals surface area contributed by atoms with Crippen molar-refractivity contribution in [3.8, 4) is 0 Å². The van der Waals surface area contributed by atoms with Crippen LogP contribution in [0, 0.1) is 6.08 Å². The maximum atomic E-state index is 4.89. The molecule has 4 heteroatoms. The van der Waals surface area contributed by atoms with Crippen LogP contribution < -0.4 is 5.30 Å². The fourth-order valence-electron chi connectivity index (χ4n) is 3.70. The molecule has 0 aromatic heterocycles. The van der Waals surface area contributed by atoms with Gasteiger partial charge in [0.25, 0.3) is 0 Å². The molecule has 1 aliphatic rings. The van der Waals surface area contributed by atoms with E-state index in [1.54, 1.807) is 5.30 Å². The van der Waals surface area contributed by atoms with Crippen LogP contribution in [0.15, 0.2) is 53.6 Å². The second kappa shape index (κ2) is 14.9. The fraction of sp³-hybridized carbons (Fsp3) is 0.480. The Balaban J connectivity index is 0.000000277. The van der Waals surface area contributed by atoms with Gasteiger partial charge >= 0.3 is 35.6 Å². The van der Waals surface area contributed by atoms with Gasteiger partial charge in [0.05, 0.1) is 0 Å². The number of unbranched alkanes of at least 4 members (excludes halogenated alkanes) is 1. The summed E-state index contributed by atoms with van der Waals surface area (Å²) >= 11 is -0.556. The van der Waals surface area contributed by atoms with E-state index in [1.165, 1.54) is 41.2 Å². The summed E-state index contributed by atoms with van der Waals surface area (Å²) in [4.78, 5) is 0. The Morgan fingerprint density at radius 3 is 2.24 bits per heavy atom. The number of hydrogen-bond donors (Lipinski definition) is 0. The first-order valence-electron chi connectivity index (χ1n) is 10.5. The molecule has 2 aromatic rings. The zero-order valence-corrected chi connectivity index (χ0v) is 22.7. The molecular weight excluding hydrogens is 450 g/mol. The first-order chi connectivity index (χ1) is 13.8. The van der Waals surface area contributed by atoms with Gasteiger partial charge in [-0.1, -0.05) is 67.9 Å². The standard InChI is InChI=1S/C15H20P.C10H15.2ClH.Ti/c1-11(2)16(12(3)4)15-9-13-7-5-6-8-14(13)10-15;1-3-4-7-10-8-5-6-9(10)2;;;/h5-12H,1-4H3;6H,3-5,7H2,1-2H3;2*1H;/q2*-1;;;+2/p-2. The van der Waals surface area contributed by atoms with Crippen LogP contribution in [-0.4, -0.2) is 11.3 Å². The van der Waals surface area contributed by atoms with E-state index in [1.807, 2.05) is 0 Å². The predicted octanol–water partition coefficient (Wildman–Crippen LogP) is 9.12. The van der Waals surface area contributed by atoms with Gasteiger partial charge in [-0.15, -0.1) is 53.7 Å². The van der Waals surface area contributed by atoms with E-state index in [4.69, 9.17) is 18.6 Å². The number of rotatable bonds is 6. The molecule has 0 aliphatic heterocycles. The van der Waals surface area contributed by atoms with Gasteiger partial charge in [-0.25, -0.2) is 11.1 Å². The van der Waals surface area contributed by atoms with Crippen molar-refractivity contribution in [3.63, 3.8) is 0 Å². The van der Waals surface area contributed by atoms with Gasteiger partial charge in [0, 0.05) is 0 Å². The van der Waals surface area contributed by atoms with Crippen molar-refractivity contribution < 1.29 is 17.0 Å². The minimum absolute atomic E-state index is 0.0206. The third kappa shape index (κ3) is 9.37. The second-order valence-corrected chi connectivity index (χ2v) is 13.8. The van der Waals surface area contributed by atoms with Gasteiger partial charge in [0.1, 0.15) is 0 Å². The Morgan fingerprint density at radius 1 is 1.14 bits per heavy atom. The molecule has 0 bridgehead atoms. The summed E-state index contributed by atoms with van der Waals surface area (Å²) in [5.41, 5.74) is 4.45. The molecule has 29 heavy (non-hydrogen) atoms. The second-order valence-electron chi connectivity index (χ2n) is 7.86. The van der Waals surface area contributed by atoms with Crippen molar-refractivity contribution in [1.29, 1.82) is 0 Å². The van der Waals surface area contributed by atoms with Crippen molar-refractivity contribution in [1.82, 2.24) is 0 Å². The topological polar surface area (TPSA) is 0 Å². The first kappa shape index (κ1) is 27.1. The van der Waals surface area contributed by atoms with Gasteiger partial charge < -0.3 is 0 Å². The zero-order chi connectivity index (χ0) is 21.8. The monoisotopic (exact) mass is 484 g/mol. The van der Waals surface area contributed by atoms with Crippen LogP contribution in [0.2, 0.25) is 0 Å². The van der Waals surface area contributed by atoms with E-state index in [9.17, 15) is 0 Å². The summed E-state index contributed by atoms with van der Waals surface area (Å²) in [5, 5.41) is 4.36. The Kier molecular flexibility index (Phi) is 13.9. The van der Waals surface area contributed by atoms with E-state index in [0.29, 0.717) is 0 Å². The molecule has 0 amide bonds. The number of halogens is 2. The molecular formula is C25H35Cl2PTi-2. The summed E-state index contributed by atoms with van der Waals surface area (Å²) in [7, 11) is 9.76. The van der Waals surface area contributed by atoms with E-state index >= 15 is 0 Å². The molecule has 0 spiro atoms. The molecule has 0 unspecified atom stereocenters. The number of benzene rings is 1. The summed E-state index contributed by atoms with van der Waals surface area (Å²) in [6.45, 7) is 13.8. The average Bonchev–Trinajstić information content (AvgIpc) is 3.26. The van der Waals surface area contributed by atoms with Crippen LogP contribution in [0.1, 0.15) is 67.2 Å². The van der Waals surface area contributed by atoms with Crippen molar-refractivity contribution in [2.75, 3.05) is 0 Å². The van der Waals surface area contributed by atoms with Crippen LogP contribution in [0.25, 0.3) is 10.8 Å². The maximum absolute atomic E-state index is 4.89. The molecule has 160 valence electrons. The van der Waals surface area contributed by atoms with Crippen molar-refractivity contribution in [3.05, 3.63) is 59.7 Å². The van der Waals surface area contributed by atoms with E-state index in [2.05, 4.69) is 90.1 Å². The van der Waals surface area contributed by atoms with Crippen LogP contribution >= 0.6 is 26.5 Å². The molecule has 0 nitrogen and oxygen atoms in total. The number of hydrogen-bond acceptors (Lipinski definition) is 0. The Hall–Kier alpha value is 0.0343. The number of allylic oxidation sites excluding steroid dienone is 4. The summed E-state index contributed by atoms with van der Waals surface area (Å²) in [6, 6.07) is 13.5. The minimum atomic E-state index is -0.556. The molecule has 3 rings (SSSR count). The molecule has 1 aliphatic carbocycles. The number of fused-ring (bicyclic) bond motifs is 1. The SMILES string of the molecule is CC(C)P(c1cc2ccccc2[cH-]1)C(C)C.CCCCC1=[C-]CC=C1C.[Cl][Ti][Cl]. The molecule has 0 fully saturated rings. The van der Waals surface area contributed by atoms with Crippen molar-refractivity contribution in [2.45, 2.75) is 78.5 Å². The molecule has 0 saturated heterocycles. The molecule has 2 aromatic carbocycles. The third-order valence-corrected chi connectivity index (χ3v) is 8.07. The quantitative estimate of drug-likeness (QED) is 0.218. The normalized spacial score (nSPS) is 13.1. The summed E-state index contributed by atoms with van der Waals surface area (Å²) in [5.74, 6) is 0. The fourth-order valence-corrected chi connectivity index (χ4v) is 6.67. The van der Waals surface area contributed by atoms with Gasteiger partial charge in [0.15, 0.2) is 0 Å². The van der Waals surface area contributed by atoms with Gasteiger partial charge in [-0.05, 0) is 11.3 Å².